The number of imidazole rings is 1. The van der Waals surface area contributed by atoms with Gasteiger partial charge in [-0.1, -0.05) is 24.3 Å². The van der Waals surface area contributed by atoms with Gasteiger partial charge in [0.1, 0.15) is 11.6 Å². The van der Waals surface area contributed by atoms with Crippen LogP contribution < -0.4 is 10.1 Å². The minimum Gasteiger partial charge on any atom is -0.491 e. The molecule has 5 heteroatoms. The summed E-state index contributed by atoms with van der Waals surface area (Å²) in [5, 5.41) is 3.87. The van der Waals surface area contributed by atoms with Gasteiger partial charge in [-0.15, -0.1) is 0 Å². The maximum Gasteiger partial charge on any atom is 0.129 e. The number of H-pyrrole nitrogens is 1. The Bertz CT molecular complexity index is 879. The first-order chi connectivity index (χ1) is 13.6. The summed E-state index contributed by atoms with van der Waals surface area (Å²) in [5.74, 6) is 1.86. The fourth-order valence-corrected chi connectivity index (χ4v) is 3.89. The van der Waals surface area contributed by atoms with Crippen LogP contribution in [0.2, 0.25) is 0 Å². The summed E-state index contributed by atoms with van der Waals surface area (Å²) in [5.41, 5.74) is 3.25. The number of aromatic amines is 1. The van der Waals surface area contributed by atoms with Gasteiger partial charge in [-0.05, 0) is 76.7 Å². The number of nitrogens with one attached hydrogen (secondary N) is 2. The van der Waals surface area contributed by atoms with Crippen LogP contribution in [0.15, 0.2) is 48.5 Å². The minimum absolute atomic E-state index is 0.0107. The van der Waals surface area contributed by atoms with Crippen molar-refractivity contribution < 1.29 is 4.74 Å². The number of nitrogens with zero attached hydrogens (tertiary/aromatic N) is 2. The van der Waals surface area contributed by atoms with Gasteiger partial charge in [0.2, 0.25) is 0 Å². The van der Waals surface area contributed by atoms with Crippen LogP contribution in [0, 0.1) is 0 Å². The molecule has 1 unspecified atom stereocenters. The molecule has 2 aromatic carbocycles. The van der Waals surface area contributed by atoms with Crippen LogP contribution in [-0.2, 0) is 0 Å². The highest BCUT2D eigenvalue weighted by atomic mass is 16.5. The molecule has 148 valence electrons. The van der Waals surface area contributed by atoms with Crippen LogP contribution >= 0.6 is 0 Å². The highest BCUT2D eigenvalue weighted by molar-refractivity contribution is 5.75. The van der Waals surface area contributed by atoms with Gasteiger partial charge < -0.3 is 19.9 Å². The van der Waals surface area contributed by atoms with E-state index in [9.17, 15) is 0 Å². The van der Waals surface area contributed by atoms with Crippen LogP contribution in [-0.4, -0.2) is 47.2 Å². The third kappa shape index (κ3) is 4.37. The number of benzene rings is 2. The van der Waals surface area contributed by atoms with Gasteiger partial charge in [0.15, 0.2) is 0 Å². The molecule has 1 saturated heterocycles. The van der Waals surface area contributed by atoms with Gasteiger partial charge in [0, 0.05) is 6.04 Å². The summed E-state index contributed by atoms with van der Waals surface area (Å²) in [6.45, 7) is 6.36. The second-order valence-electron chi connectivity index (χ2n) is 8.06. The Kier molecular flexibility index (Phi) is 5.64. The molecule has 1 fully saturated rings. The van der Waals surface area contributed by atoms with Crippen molar-refractivity contribution in [1.82, 2.24) is 20.2 Å². The van der Waals surface area contributed by atoms with Gasteiger partial charge in [-0.3, -0.25) is 0 Å². The Labute approximate surface area is 167 Å². The second-order valence-corrected chi connectivity index (χ2v) is 8.06. The molecular weight excluding hydrogens is 348 g/mol. The van der Waals surface area contributed by atoms with Crippen LogP contribution in [0.1, 0.15) is 44.1 Å². The summed E-state index contributed by atoms with van der Waals surface area (Å²) < 4.78 is 5.94. The van der Waals surface area contributed by atoms with E-state index in [1.807, 2.05) is 18.2 Å². The van der Waals surface area contributed by atoms with Crippen molar-refractivity contribution in [1.29, 1.82) is 0 Å². The van der Waals surface area contributed by atoms with Crippen molar-refractivity contribution in [3.63, 3.8) is 0 Å². The zero-order valence-corrected chi connectivity index (χ0v) is 17.0. The fourth-order valence-electron chi connectivity index (χ4n) is 3.89. The normalized spacial score (nSPS) is 17.3. The van der Waals surface area contributed by atoms with Gasteiger partial charge >= 0.3 is 0 Å². The topological polar surface area (TPSA) is 53.2 Å². The molecule has 0 bridgehead atoms. The number of hydrogen-bond donors (Lipinski definition) is 2. The van der Waals surface area contributed by atoms with Crippen LogP contribution in [0.25, 0.3) is 11.0 Å². The lowest BCUT2D eigenvalue weighted by Gasteiger charge is -2.32. The van der Waals surface area contributed by atoms with E-state index >= 15 is 0 Å². The molecule has 0 aliphatic carbocycles. The Morgan fingerprint density at radius 2 is 1.89 bits per heavy atom. The predicted molar refractivity (Wildman–Crippen MR) is 114 cm³/mol. The highest BCUT2D eigenvalue weighted by Gasteiger charge is 2.24. The minimum atomic E-state index is 0.0107. The quantitative estimate of drug-likeness (QED) is 0.677. The van der Waals surface area contributed by atoms with Crippen LogP contribution in [0.5, 0.6) is 5.75 Å². The Hall–Kier alpha value is -2.37. The molecule has 1 atom stereocenters. The molecule has 28 heavy (non-hydrogen) atoms. The standard InChI is InChI=1S/C23H30N4O/c1-16(2)28-19-8-6-7-17(15-19)22(24-18-11-13-27(3)14-12-18)23-25-20-9-4-5-10-21(20)26-23/h4-10,15-16,18,22,24H,11-14H2,1-3H3,(H,25,26). The van der Waals surface area contributed by atoms with E-state index in [1.54, 1.807) is 0 Å². The van der Waals surface area contributed by atoms with Gasteiger partial charge in [-0.25, -0.2) is 4.98 Å². The van der Waals surface area contributed by atoms with E-state index in [0.717, 1.165) is 48.5 Å². The van der Waals surface area contributed by atoms with Crippen LogP contribution in [0.4, 0.5) is 0 Å². The number of fused-ring (bicyclic) bond motifs is 1. The largest absolute Gasteiger partial charge is 0.491 e. The third-order valence-electron chi connectivity index (χ3n) is 5.37. The van der Waals surface area contributed by atoms with Crippen molar-refractivity contribution >= 4 is 11.0 Å². The SMILES string of the molecule is CC(C)Oc1cccc(C(NC2CCN(C)CC2)c2nc3ccccc3[nH]2)c1. The molecule has 4 rings (SSSR count). The first-order valence-electron chi connectivity index (χ1n) is 10.2. The Balaban J connectivity index is 1.66. The third-order valence-corrected chi connectivity index (χ3v) is 5.37. The van der Waals surface area contributed by atoms with Crippen molar-refractivity contribution in [2.45, 2.75) is 44.9 Å². The zero-order chi connectivity index (χ0) is 19.5. The summed E-state index contributed by atoms with van der Waals surface area (Å²) >= 11 is 0. The maximum atomic E-state index is 5.94. The Morgan fingerprint density at radius 1 is 1.11 bits per heavy atom. The molecule has 2 N–H and O–H groups in total. The van der Waals surface area contributed by atoms with E-state index in [4.69, 9.17) is 9.72 Å². The molecule has 3 aromatic rings. The monoisotopic (exact) mass is 378 g/mol. The number of para-hydroxylation sites is 2. The molecule has 0 spiro atoms. The summed E-state index contributed by atoms with van der Waals surface area (Å²) in [4.78, 5) is 10.8. The number of ether oxygens (including phenoxy) is 1. The van der Waals surface area contributed by atoms with Gasteiger partial charge in [0.05, 0.1) is 23.2 Å². The molecule has 2 heterocycles. The number of piperidine rings is 1. The first-order valence-corrected chi connectivity index (χ1v) is 10.2. The van der Waals surface area contributed by atoms with Crippen molar-refractivity contribution in [2.24, 2.45) is 0 Å². The first kappa shape index (κ1) is 19.0. The zero-order valence-electron chi connectivity index (χ0n) is 17.0. The Morgan fingerprint density at radius 3 is 2.64 bits per heavy atom. The van der Waals surface area contributed by atoms with E-state index in [-0.39, 0.29) is 12.1 Å². The highest BCUT2D eigenvalue weighted by Crippen LogP contribution is 2.27. The maximum absolute atomic E-state index is 5.94. The van der Waals surface area contributed by atoms with Crippen LogP contribution in [0.3, 0.4) is 0 Å². The number of likely N-dealkylation sites (tertiary alicyclic amines) is 1. The molecule has 0 amide bonds. The average molecular weight is 379 g/mol. The van der Waals surface area contributed by atoms with E-state index in [1.165, 1.54) is 5.56 Å². The van der Waals surface area contributed by atoms with Crippen molar-refractivity contribution in [3.05, 3.63) is 59.9 Å². The van der Waals surface area contributed by atoms with Gasteiger partial charge in [0.25, 0.3) is 0 Å². The molecule has 1 aliphatic heterocycles. The summed E-state index contributed by atoms with van der Waals surface area (Å²) in [7, 11) is 2.19. The van der Waals surface area contributed by atoms with E-state index < -0.39 is 0 Å². The van der Waals surface area contributed by atoms with Gasteiger partial charge in [-0.2, -0.15) is 0 Å². The molecule has 0 saturated carbocycles. The van der Waals surface area contributed by atoms with Crippen molar-refractivity contribution in [3.8, 4) is 5.75 Å². The predicted octanol–water partition coefficient (Wildman–Crippen LogP) is 4.12. The second kappa shape index (κ2) is 8.33. The summed E-state index contributed by atoms with van der Waals surface area (Å²) in [6.07, 6.45) is 2.45. The molecule has 1 aromatic heterocycles. The molecule has 5 nitrogen and oxygen atoms in total. The lowest BCUT2D eigenvalue weighted by atomic mass is 10.0. The summed E-state index contributed by atoms with van der Waals surface area (Å²) in [6, 6.07) is 17.1. The average Bonchev–Trinajstić information content (AvgIpc) is 3.11. The fraction of sp³-hybridized carbons (Fsp3) is 0.435. The molecule has 1 aliphatic rings. The number of rotatable bonds is 6. The lowest BCUT2D eigenvalue weighted by Crippen LogP contribution is -2.42. The smallest absolute Gasteiger partial charge is 0.129 e. The number of aromatic nitrogens is 2. The van der Waals surface area contributed by atoms with Crippen molar-refractivity contribution in [2.75, 3.05) is 20.1 Å². The van der Waals surface area contributed by atoms with E-state index in [2.05, 4.69) is 66.4 Å². The lowest BCUT2D eigenvalue weighted by molar-refractivity contribution is 0.227. The van der Waals surface area contributed by atoms with E-state index in [0.29, 0.717) is 6.04 Å². The number of hydrogen-bond acceptors (Lipinski definition) is 4. The molecule has 0 radical (unpaired) electrons. The molecular formula is C23H30N4O.